The molecule has 1 aromatic heterocycles. The number of nitriles is 1. The van der Waals surface area contributed by atoms with Crippen LogP contribution in [0.3, 0.4) is 0 Å². The minimum Gasteiger partial charge on any atom is -0.381 e. The molecule has 0 saturated carbocycles. The van der Waals surface area contributed by atoms with Gasteiger partial charge in [-0.2, -0.15) is 5.26 Å². The van der Waals surface area contributed by atoms with Gasteiger partial charge in [0, 0.05) is 24.6 Å². The number of nitrogens with zero attached hydrogens (tertiary/aromatic N) is 2. The Labute approximate surface area is 94.4 Å². The molecule has 0 saturated heterocycles. The predicted octanol–water partition coefficient (Wildman–Crippen LogP) is 2.57. The van der Waals surface area contributed by atoms with Crippen molar-refractivity contribution in [3.05, 3.63) is 59.9 Å². The molecule has 0 bridgehead atoms. The maximum Gasteiger partial charge on any atom is 0.0992 e. The number of aromatic nitrogens is 1. The molecule has 3 nitrogen and oxygen atoms in total. The number of hydrogen-bond donors (Lipinski definition) is 1. The van der Waals surface area contributed by atoms with Crippen LogP contribution in [-0.4, -0.2) is 4.98 Å². The third kappa shape index (κ3) is 2.58. The molecular weight excluding hydrogens is 198 g/mol. The second kappa shape index (κ2) is 4.94. The lowest BCUT2D eigenvalue weighted by Gasteiger charge is -2.05. The summed E-state index contributed by atoms with van der Waals surface area (Å²) in [5.74, 6) is 0. The smallest absolute Gasteiger partial charge is 0.0992 e. The topological polar surface area (TPSA) is 48.7 Å². The van der Waals surface area contributed by atoms with Gasteiger partial charge in [0.15, 0.2) is 0 Å². The van der Waals surface area contributed by atoms with Gasteiger partial charge in [-0.3, -0.25) is 4.98 Å². The first-order valence-corrected chi connectivity index (χ1v) is 5.01. The van der Waals surface area contributed by atoms with Gasteiger partial charge in [0.05, 0.1) is 11.6 Å². The Hall–Kier alpha value is -2.34. The van der Waals surface area contributed by atoms with Gasteiger partial charge in [-0.05, 0) is 29.8 Å². The fraction of sp³-hybridized carbons (Fsp3) is 0.0769. The summed E-state index contributed by atoms with van der Waals surface area (Å²) >= 11 is 0. The van der Waals surface area contributed by atoms with Crippen molar-refractivity contribution in [2.75, 3.05) is 5.32 Å². The van der Waals surface area contributed by atoms with Gasteiger partial charge in [0.2, 0.25) is 0 Å². The Kier molecular flexibility index (Phi) is 3.15. The van der Waals surface area contributed by atoms with Crippen LogP contribution in [0.2, 0.25) is 0 Å². The molecule has 2 rings (SSSR count). The molecule has 1 N–H and O–H groups in total. The van der Waals surface area contributed by atoms with Crippen molar-refractivity contribution < 1.29 is 0 Å². The van der Waals surface area contributed by atoms with E-state index < -0.39 is 0 Å². The summed E-state index contributed by atoms with van der Waals surface area (Å²) < 4.78 is 0. The van der Waals surface area contributed by atoms with Gasteiger partial charge in [-0.1, -0.05) is 12.1 Å². The van der Waals surface area contributed by atoms with E-state index in [1.54, 1.807) is 12.3 Å². The Morgan fingerprint density at radius 1 is 1.25 bits per heavy atom. The van der Waals surface area contributed by atoms with E-state index in [0.717, 1.165) is 11.3 Å². The van der Waals surface area contributed by atoms with Crippen molar-refractivity contribution in [2.24, 2.45) is 0 Å². The van der Waals surface area contributed by atoms with Crippen LogP contribution in [0.4, 0.5) is 5.69 Å². The largest absolute Gasteiger partial charge is 0.381 e. The number of benzene rings is 1. The van der Waals surface area contributed by atoms with Crippen molar-refractivity contribution >= 4 is 5.69 Å². The number of hydrogen-bond acceptors (Lipinski definition) is 3. The second-order valence-corrected chi connectivity index (χ2v) is 3.41. The number of anilines is 1. The van der Waals surface area contributed by atoms with Gasteiger partial charge < -0.3 is 5.32 Å². The molecule has 0 unspecified atom stereocenters. The molecule has 0 spiro atoms. The monoisotopic (exact) mass is 209 g/mol. The number of nitrogens with one attached hydrogen (secondary N) is 1. The summed E-state index contributed by atoms with van der Waals surface area (Å²) in [6.07, 6.45) is 3.57. The van der Waals surface area contributed by atoms with Crippen molar-refractivity contribution in [3.63, 3.8) is 0 Å². The van der Waals surface area contributed by atoms with Crippen LogP contribution < -0.4 is 5.32 Å². The molecule has 0 fully saturated rings. The molecule has 2 aromatic rings. The third-order valence-electron chi connectivity index (χ3n) is 2.21. The Bertz CT molecular complexity index is 500. The zero-order valence-corrected chi connectivity index (χ0v) is 8.72. The summed E-state index contributed by atoms with van der Waals surface area (Å²) in [7, 11) is 0. The molecule has 16 heavy (non-hydrogen) atoms. The average Bonchev–Trinajstić information content (AvgIpc) is 2.38. The molecule has 0 amide bonds. The fourth-order valence-corrected chi connectivity index (χ4v) is 1.41. The molecule has 3 heteroatoms. The molecule has 0 aliphatic heterocycles. The summed E-state index contributed by atoms with van der Waals surface area (Å²) in [6.45, 7) is 0.711. The number of pyridine rings is 1. The van der Waals surface area contributed by atoms with Gasteiger partial charge in [-0.15, -0.1) is 0 Å². The van der Waals surface area contributed by atoms with Gasteiger partial charge >= 0.3 is 0 Å². The summed E-state index contributed by atoms with van der Waals surface area (Å²) in [6, 6.07) is 13.5. The Morgan fingerprint density at radius 3 is 2.94 bits per heavy atom. The normalized spacial score (nSPS) is 9.44. The fourth-order valence-electron chi connectivity index (χ4n) is 1.41. The summed E-state index contributed by atoms with van der Waals surface area (Å²) in [5, 5.41) is 12.0. The minimum atomic E-state index is 0.663. The van der Waals surface area contributed by atoms with E-state index in [-0.39, 0.29) is 0 Å². The van der Waals surface area contributed by atoms with Crippen molar-refractivity contribution in [1.82, 2.24) is 4.98 Å². The van der Waals surface area contributed by atoms with Crippen LogP contribution in [0.25, 0.3) is 0 Å². The molecule has 0 atom stereocenters. The molecule has 1 aromatic carbocycles. The first-order valence-electron chi connectivity index (χ1n) is 5.01. The lowest BCUT2D eigenvalue weighted by molar-refractivity contribution is 1.11. The van der Waals surface area contributed by atoms with E-state index in [1.165, 1.54) is 0 Å². The molecular formula is C13H11N3. The maximum atomic E-state index is 8.76. The van der Waals surface area contributed by atoms with E-state index in [2.05, 4.69) is 16.4 Å². The van der Waals surface area contributed by atoms with Crippen molar-refractivity contribution in [1.29, 1.82) is 5.26 Å². The number of rotatable bonds is 3. The first kappa shape index (κ1) is 10.2. The SMILES string of the molecule is N#Cc1cccc(NCc2cccnc2)c1. The lowest BCUT2D eigenvalue weighted by Crippen LogP contribution is -1.99. The van der Waals surface area contributed by atoms with Crippen LogP contribution in [0.5, 0.6) is 0 Å². The minimum absolute atomic E-state index is 0.663. The zero-order valence-electron chi connectivity index (χ0n) is 8.72. The quantitative estimate of drug-likeness (QED) is 0.845. The third-order valence-corrected chi connectivity index (χ3v) is 2.21. The van der Waals surface area contributed by atoms with Crippen molar-refractivity contribution in [3.8, 4) is 6.07 Å². The average molecular weight is 209 g/mol. The van der Waals surface area contributed by atoms with Crippen molar-refractivity contribution in [2.45, 2.75) is 6.54 Å². The highest BCUT2D eigenvalue weighted by Crippen LogP contribution is 2.10. The van der Waals surface area contributed by atoms with E-state index in [1.807, 2.05) is 36.5 Å². The highest BCUT2D eigenvalue weighted by molar-refractivity contribution is 5.49. The Balaban J connectivity index is 2.03. The highest BCUT2D eigenvalue weighted by Gasteiger charge is 1.95. The van der Waals surface area contributed by atoms with E-state index >= 15 is 0 Å². The summed E-state index contributed by atoms with van der Waals surface area (Å²) in [5.41, 5.74) is 2.73. The molecule has 0 aliphatic carbocycles. The second-order valence-electron chi connectivity index (χ2n) is 3.41. The molecule has 78 valence electrons. The maximum absolute atomic E-state index is 8.76. The van der Waals surface area contributed by atoms with Gasteiger partial charge in [-0.25, -0.2) is 0 Å². The molecule has 0 radical (unpaired) electrons. The van der Waals surface area contributed by atoms with E-state index in [9.17, 15) is 0 Å². The molecule has 0 aliphatic rings. The van der Waals surface area contributed by atoms with E-state index in [0.29, 0.717) is 12.1 Å². The van der Waals surface area contributed by atoms with Gasteiger partial charge in [0.1, 0.15) is 0 Å². The van der Waals surface area contributed by atoms with Crippen LogP contribution in [-0.2, 0) is 6.54 Å². The predicted molar refractivity (Wildman–Crippen MR) is 62.7 cm³/mol. The van der Waals surface area contributed by atoms with E-state index in [4.69, 9.17) is 5.26 Å². The zero-order chi connectivity index (χ0) is 11.2. The van der Waals surface area contributed by atoms with Crippen LogP contribution in [0.15, 0.2) is 48.8 Å². The Morgan fingerprint density at radius 2 is 2.19 bits per heavy atom. The van der Waals surface area contributed by atoms with Gasteiger partial charge in [0.25, 0.3) is 0 Å². The van der Waals surface area contributed by atoms with Crippen LogP contribution in [0, 0.1) is 11.3 Å². The van der Waals surface area contributed by atoms with Crippen LogP contribution >= 0.6 is 0 Å². The standard InChI is InChI=1S/C13H11N3/c14-8-11-3-1-5-13(7-11)16-10-12-4-2-6-15-9-12/h1-7,9,16H,10H2. The first-order chi connectivity index (χ1) is 7.88. The van der Waals surface area contributed by atoms with Crippen LogP contribution in [0.1, 0.15) is 11.1 Å². The highest BCUT2D eigenvalue weighted by atomic mass is 14.9. The molecule has 1 heterocycles. The lowest BCUT2D eigenvalue weighted by atomic mass is 10.2. The summed E-state index contributed by atoms with van der Waals surface area (Å²) in [4.78, 5) is 4.04.